The summed E-state index contributed by atoms with van der Waals surface area (Å²) in [5, 5.41) is 4.23. The molecule has 0 bridgehead atoms. The molecule has 0 radical (unpaired) electrons. The van der Waals surface area contributed by atoms with Gasteiger partial charge in [0.2, 0.25) is 0 Å². The van der Waals surface area contributed by atoms with Crippen molar-refractivity contribution in [2.45, 2.75) is 24.9 Å². The molecule has 0 aromatic heterocycles. The topological polar surface area (TPSA) is 50.8 Å². The van der Waals surface area contributed by atoms with Gasteiger partial charge in [-0.15, -0.1) is 0 Å². The van der Waals surface area contributed by atoms with E-state index in [0.29, 0.717) is 19.7 Å². The predicted octanol–water partition coefficient (Wildman–Crippen LogP) is 4.44. The Bertz CT molecular complexity index is 833. The number of ether oxygens (including phenoxy) is 2. The Morgan fingerprint density at radius 1 is 1.19 bits per heavy atom. The lowest BCUT2D eigenvalue weighted by molar-refractivity contribution is 0.0794. The lowest BCUT2D eigenvalue weighted by Gasteiger charge is -2.39. The third kappa shape index (κ3) is 3.32. The number of benzene rings is 2. The summed E-state index contributed by atoms with van der Waals surface area (Å²) in [6, 6.07) is 13.5. The maximum Gasteiger partial charge on any atom is 0.410 e. The first-order chi connectivity index (χ1) is 13.1. The van der Waals surface area contributed by atoms with Crippen molar-refractivity contribution in [3.63, 3.8) is 0 Å². The highest BCUT2D eigenvalue weighted by Crippen LogP contribution is 2.50. The van der Waals surface area contributed by atoms with E-state index in [1.807, 2.05) is 42.5 Å². The third-order valence-corrected chi connectivity index (χ3v) is 5.97. The second-order valence-corrected chi connectivity index (χ2v) is 7.57. The molecule has 2 aliphatic rings. The first kappa shape index (κ1) is 18.0. The molecular weight excluding hydrogens is 364 g/mol. The van der Waals surface area contributed by atoms with Crippen LogP contribution in [0, 0.1) is 0 Å². The van der Waals surface area contributed by atoms with Crippen LogP contribution in [0.4, 0.5) is 10.5 Å². The molecule has 1 N–H and O–H groups in total. The van der Waals surface area contributed by atoms with Crippen molar-refractivity contribution in [3.05, 3.63) is 58.6 Å². The fraction of sp³-hybridized carbons (Fsp3) is 0.381. The van der Waals surface area contributed by atoms with Gasteiger partial charge >= 0.3 is 6.09 Å². The second-order valence-electron chi connectivity index (χ2n) is 7.16. The molecule has 1 fully saturated rings. The van der Waals surface area contributed by atoms with E-state index in [4.69, 9.17) is 21.1 Å². The molecule has 2 heterocycles. The van der Waals surface area contributed by atoms with Crippen molar-refractivity contribution < 1.29 is 14.3 Å². The Morgan fingerprint density at radius 3 is 2.63 bits per heavy atom. The number of hydrogen-bond acceptors (Lipinski definition) is 4. The van der Waals surface area contributed by atoms with Crippen LogP contribution in [0.15, 0.2) is 42.5 Å². The number of halogens is 1. The molecule has 2 aromatic carbocycles. The number of nitrogens with one attached hydrogen (secondary N) is 1. The van der Waals surface area contributed by atoms with Crippen LogP contribution < -0.4 is 10.1 Å². The molecule has 27 heavy (non-hydrogen) atoms. The van der Waals surface area contributed by atoms with E-state index in [0.717, 1.165) is 47.0 Å². The summed E-state index contributed by atoms with van der Waals surface area (Å²) in [6.45, 7) is 2.43. The Hall–Kier alpha value is -2.40. The zero-order valence-corrected chi connectivity index (χ0v) is 16.1. The van der Waals surface area contributed by atoms with Gasteiger partial charge in [-0.3, -0.25) is 0 Å². The van der Waals surface area contributed by atoms with Crippen molar-refractivity contribution in [3.8, 4) is 5.75 Å². The van der Waals surface area contributed by atoms with E-state index in [2.05, 4.69) is 5.32 Å². The summed E-state index contributed by atoms with van der Waals surface area (Å²) in [5.41, 5.74) is 3.05. The van der Waals surface area contributed by atoms with Gasteiger partial charge in [0.05, 0.1) is 12.8 Å². The molecule has 1 spiro atoms. The van der Waals surface area contributed by atoms with Gasteiger partial charge in [0.15, 0.2) is 0 Å². The summed E-state index contributed by atoms with van der Waals surface area (Å²) < 4.78 is 10.9. The minimum Gasteiger partial charge on any atom is -0.495 e. The molecule has 4 rings (SSSR count). The van der Waals surface area contributed by atoms with Crippen LogP contribution in [0.3, 0.4) is 0 Å². The molecule has 142 valence electrons. The Balaban J connectivity index is 1.42. The van der Waals surface area contributed by atoms with Crippen molar-refractivity contribution in [1.82, 2.24) is 4.90 Å². The molecule has 0 unspecified atom stereocenters. The van der Waals surface area contributed by atoms with E-state index in [-0.39, 0.29) is 11.5 Å². The Labute approximate surface area is 164 Å². The first-order valence-corrected chi connectivity index (χ1v) is 9.57. The summed E-state index contributed by atoms with van der Waals surface area (Å²) >= 11 is 6.54. The lowest BCUT2D eigenvalue weighted by atomic mass is 9.74. The van der Waals surface area contributed by atoms with E-state index >= 15 is 0 Å². The van der Waals surface area contributed by atoms with Gasteiger partial charge in [-0.1, -0.05) is 41.9 Å². The highest BCUT2D eigenvalue weighted by molar-refractivity contribution is 6.32. The van der Waals surface area contributed by atoms with Crippen molar-refractivity contribution in [2.75, 3.05) is 32.1 Å². The van der Waals surface area contributed by atoms with Crippen LogP contribution in [-0.2, 0) is 16.8 Å². The number of nitrogens with zero attached hydrogens (tertiary/aromatic N) is 1. The number of piperidine rings is 1. The zero-order valence-electron chi connectivity index (χ0n) is 15.3. The van der Waals surface area contributed by atoms with Gasteiger partial charge in [-0.25, -0.2) is 4.79 Å². The summed E-state index contributed by atoms with van der Waals surface area (Å²) in [6.07, 6.45) is 1.44. The molecule has 0 atom stereocenters. The number of fused-ring (bicyclic) bond motifs is 2. The van der Waals surface area contributed by atoms with E-state index in [1.165, 1.54) is 0 Å². The number of rotatable bonds is 3. The summed E-state index contributed by atoms with van der Waals surface area (Å²) in [7, 11) is 1.67. The molecular formula is C21H23ClN2O3. The number of methoxy groups -OCH3 is 1. The molecule has 0 saturated carbocycles. The largest absolute Gasteiger partial charge is 0.495 e. The van der Waals surface area contributed by atoms with Crippen molar-refractivity contribution in [1.29, 1.82) is 0 Å². The first-order valence-electron chi connectivity index (χ1n) is 9.19. The van der Waals surface area contributed by atoms with E-state index in [1.54, 1.807) is 12.0 Å². The van der Waals surface area contributed by atoms with Gasteiger partial charge in [-0.05, 0) is 30.5 Å². The fourth-order valence-electron chi connectivity index (χ4n) is 4.12. The maximum absolute atomic E-state index is 12.4. The average Bonchev–Trinajstić information content (AvgIpc) is 3.08. The molecule has 2 aliphatic heterocycles. The lowest BCUT2D eigenvalue weighted by Crippen LogP contribution is -2.46. The SMILES string of the molecule is COc1ccc(Cl)c2c1NCC21CCN(C(=O)OCc2ccccc2)CC1. The summed E-state index contributed by atoms with van der Waals surface area (Å²) in [4.78, 5) is 14.2. The number of carbonyl (C=O) groups is 1. The van der Waals surface area contributed by atoms with E-state index < -0.39 is 0 Å². The maximum atomic E-state index is 12.4. The van der Waals surface area contributed by atoms with Crippen molar-refractivity contribution in [2.24, 2.45) is 0 Å². The number of carbonyl (C=O) groups excluding carboxylic acids is 1. The van der Waals surface area contributed by atoms with Gasteiger partial charge in [0.1, 0.15) is 12.4 Å². The monoisotopic (exact) mass is 386 g/mol. The number of likely N-dealkylation sites (tertiary alicyclic amines) is 1. The van der Waals surface area contributed by atoms with Crippen LogP contribution in [0.1, 0.15) is 24.0 Å². The molecule has 1 saturated heterocycles. The standard InChI is InChI=1S/C21H23ClN2O3/c1-26-17-8-7-16(22)18-19(17)23-14-21(18)9-11-24(12-10-21)20(25)27-13-15-5-3-2-4-6-15/h2-8,23H,9-14H2,1H3. The minimum atomic E-state index is -0.253. The molecule has 5 nitrogen and oxygen atoms in total. The van der Waals surface area contributed by atoms with Gasteiger partial charge in [-0.2, -0.15) is 0 Å². The number of anilines is 1. The Morgan fingerprint density at radius 2 is 1.93 bits per heavy atom. The van der Waals surface area contributed by atoms with Gasteiger partial charge in [0.25, 0.3) is 0 Å². The Kier molecular flexibility index (Phi) is 4.87. The summed E-state index contributed by atoms with van der Waals surface area (Å²) in [5.74, 6) is 0.816. The smallest absolute Gasteiger partial charge is 0.410 e. The van der Waals surface area contributed by atoms with Crippen LogP contribution in [-0.4, -0.2) is 37.7 Å². The average molecular weight is 387 g/mol. The van der Waals surface area contributed by atoms with Crippen LogP contribution >= 0.6 is 11.6 Å². The highest BCUT2D eigenvalue weighted by atomic mass is 35.5. The minimum absolute atomic E-state index is 0.0584. The number of hydrogen-bond donors (Lipinski definition) is 1. The quantitative estimate of drug-likeness (QED) is 0.847. The molecule has 0 aliphatic carbocycles. The van der Waals surface area contributed by atoms with Crippen LogP contribution in [0.2, 0.25) is 5.02 Å². The highest BCUT2D eigenvalue weighted by Gasteiger charge is 2.45. The van der Waals surface area contributed by atoms with E-state index in [9.17, 15) is 4.79 Å². The molecule has 2 aromatic rings. The predicted molar refractivity (Wildman–Crippen MR) is 106 cm³/mol. The molecule has 1 amide bonds. The second kappa shape index (κ2) is 7.31. The van der Waals surface area contributed by atoms with Crippen LogP contribution in [0.25, 0.3) is 0 Å². The van der Waals surface area contributed by atoms with Crippen molar-refractivity contribution >= 4 is 23.4 Å². The third-order valence-electron chi connectivity index (χ3n) is 5.65. The van der Waals surface area contributed by atoms with Gasteiger partial charge < -0.3 is 19.7 Å². The zero-order chi connectivity index (χ0) is 18.9. The number of amides is 1. The molecule has 6 heteroatoms. The fourth-order valence-corrected chi connectivity index (χ4v) is 4.48. The van der Waals surface area contributed by atoms with Crippen LogP contribution in [0.5, 0.6) is 5.75 Å². The normalized spacial score (nSPS) is 17.3. The van der Waals surface area contributed by atoms with Gasteiger partial charge in [0, 0.05) is 35.6 Å².